The molecule has 0 aliphatic heterocycles. The van der Waals surface area contributed by atoms with E-state index in [4.69, 9.17) is 11.6 Å². The number of likely N-dealkylation sites (N-methyl/N-ethyl adjacent to an activating group) is 1. The molecule has 41 heavy (non-hydrogen) atoms. The summed E-state index contributed by atoms with van der Waals surface area (Å²) >= 11 is 6.40. The van der Waals surface area contributed by atoms with Gasteiger partial charge in [-0.3, -0.25) is 4.79 Å². The van der Waals surface area contributed by atoms with Crippen LogP contribution in [0.15, 0.2) is 54.7 Å². The van der Waals surface area contributed by atoms with E-state index in [1.807, 2.05) is 0 Å². The molecule has 0 aliphatic carbocycles. The van der Waals surface area contributed by atoms with Gasteiger partial charge < -0.3 is 10.2 Å². The molecule has 0 radical (unpaired) electrons. The molecule has 3 aromatic rings. The molecule has 1 heterocycles. The maximum atomic E-state index is 13.7. The van der Waals surface area contributed by atoms with E-state index in [0.717, 1.165) is 11.2 Å². The third-order valence-electron chi connectivity index (χ3n) is 6.34. The topological polar surface area (TPSA) is 79.4 Å². The fraction of sp³-hybridized carbons (Fsp3) is 0.333. The summed E-state index contributed by atoms with van der Waals surface area (Å²) in [7, 11) is -1.95. The first-order chi connectivity index (χ1) is 18.7. The molecule has 14 heteroatoms. The van der Waals surface area contributed by atoms with Gasteiger partial charge in [0, 0.05) is 36.0 Å². The molecule has 0 fully saturated rings. The van der Waals surface area contributed by atoms with Crippen LogP contribution in [0.5, 0.6) is 0 Å². The maximum Gasteiger partial charge on any atom is 0.416 e. The van der Waals surface area contributed by atoms with E-state index in [1.165, 1.54) is 33.2 Å². The van der Waals surface area contributed by atoms with E-state index in [1.54, 1.807) is 24.3 Å². The SMILES string of the molecule is CN(C(=O)C(C)(C)c1cc(C(F)(F)F)cc(C(F)(F)F)c1)c1cnc(NCCS(C)(=O)=O)cc1-c1ccccc1Cl. The van der Waals surface area contributed by atoms with Crippen molar-refractivity contribution in [3.05, 3.63) is 76.4 Å². The Labute approximate surface area is 238 Å². The number of hydrogen-bond acceptors (Lipinski definition) is 5. The highest BCUT2D eigenvalue weighted by atomic mass is 35.5. The van der Waals surface area contributed by atoms with Gasteiger partial charge in [0.2, 0.25) is 5.91 Å². The average molecular weight is 622 g/mol. The summed E-state index contributed by atoms with van der Waals surface area (Å²) in [6.07, 6.45) is -7.81. The number of pyridine rings is 1. The lowest BCUT2D eigenvalue weighted by Gasteiger charge is -2.32. The number of alkyl halides is 6. The van der Waals surface area contributed by atoms with E-state index >= 15 is 0 Å². The Balaban J connectivity index is 2.10. The molecular formula is C27H26ClF6N3O3S. The Morgan fingerprint density at radius 1 is 0.927 bits per heavy atom. The van der Waals surface area contributed by atoms with E-state index in [-0.39, 0.29) is 34.9 Å². The molecule has 3 rings (SSSR count). The largest absolute Gasteiger partial charge is 0.416 e. The van der Waals surface area contributed by atoms with Crippen molar-refractivity contribution < 1.29 is 39.6 Å². The Morgan fingerprint density at radius 3 is 1.98 bits per heavy atom. The third-order valence-corrected chi connectivity index (χ3v) is 7.61. The van der Waals surface area contributed by atoms with Crippen LogP contribution >= 0.6 is 11.6 Å². The molecule has 0 bridgehead atoms. The second-order valence-corrected chi connectivity index (χ2v) is 12.6. The predicted octanol–water partition coefficient (Wildman–Crippen LogP) is 6.84. The Bertz CT molecular complexity index is 1520. The molecule has 6 nitrogen and oxygen atoms in total. The summed E-state index contributed by atoms with van der Waals surface area (Å²) in [5, 5.41) is 3.16. The van der Waals surface area contributed by atoms with Crippen molar-refractivity contribution in [3.63, 3.8) is 0 Å². The van der Waals surface area contributed by atoms with Crippen molar-refractivity contribution in [1.29, 1.82) is 0 Å². The first kappa shape index (κ1) is 32.2. The van der Waals surface area contributed by atoms with Gasteiger partial charge >= 0.3 is 12.4 Å². The number of aromatic nitrogens is 1. The van der Waals surface area contributed by atoms with E-state index in [9.17, 15) is 39.6 Å². The van der Waals surface area contributed by atoms with Gasteiger partial charge in [-0.05, 0) is 49.7 Å². The van der Waals surface area contributed by atoms with Crippen molar-refractivity contribution in [1.82, 2.24) is 4.98 Å². The minimum atomic E-state index is -5.08. The van der Waals surface area contributed by atoms with Crippen molar-refractivity contribution in [3.8, 4) is 11.1 Å². The number of sulfone groups is 1. The summed E-state index contributed by atoms with van der Waals surface area (Å²) < 4.78 is 104. The molecule has 222 valence electrons. The van der Waals surface area contributed by atoms with Crippen LogP contribution in [0.3, 0.4) is 0 Å². The van der Waals surface area contributed by atoms with E-state index < -0.39 is 50.2 Å². The van der Waals surface area contributed by atoms with Gasteiger partial charge in [-0.2, -0.15) is 26.3 Å². The number of carbonyl (C=O) groups excluding carboxylic acids is 1. The van der Waals surface area contributed by atoms with Crippen LogP contribution in [0.4, 0.5) is 37.8 Å². The number of nitrogens with one attached hydrogen (secondary N) is 1. The number of carbonyl (C=O) groups is 1. The highest BCUT2D eigenvalue weighted by Gasteiger charge is 2.41. The number of halogens is 7. The molecular weight excluding hydrogens is 596 g/mol. The zero-order chi connectivity index (χ0) is 31.0. The lowest BCUT2D eigenvalue weighted by atomic mass is 9.81. The molecule has 0 spiro atoms. The van der Waals surface area contributed by atoms with Crippen molar-refractivity contribution in [2.75, 3.05) is 35.8 Å². The number of amides is 1. The summed E-state index contributed by atoms with van der Waals surface area (Å²) in [5.74, 6) is -0.751. The molecule has 0 saturated carbocycles. The minimum Gasteiger partial charge on any atom is -0.369 e. The molecule has 1 amide bonds. The summed E-state index contributed by atoms with van der Waals surface area (Å²) in [4.78, 5) is 19.1. The van der Waals surface area contributed by atoms with Crippen LogP contribution in [-0.2, 0) is 32.4 Å². The standard InChI is InChI=1S/C27H26ClF6N3O3S/c1-25(2,16-11-17(26(29,30)31)13-18(12-16)27(32,33)34)24(38)37(3)22-15-36-23(35-9-10-41(4,39)40)14-20(22)19-7-5-6-8-21(19)28/h5-8,11-15H,9-10H2,1-4H3,(H,35,36). The summed E-state index contributed by atoms with van der Waals surface area (Å²) in [5.41, 5.74) is -4.42. The smallest absolute Gasteiger partial charge is 0.369 e. The molecule has 1 N–H and O–H groups in total. The fourth-order valence-corrected chi connectivity index (χ4v) is 4.75. The highest BCUT2D eigenvalue weighted by Crippen LogP contribution is 2.41. The molecule has 0 aliphatic rings. The second-order valence-electron chi connectivity index (χ2n) is 9.91. The number of hydrogen-bond donors (Lipinski definition) is 1. The van der Waals surface area contributed by atoms with Crippen molar-refractivity contribution >= 4 is 38.9 Å². The van der Waals surface area contributed by atoms with Gasteiger partial charge in [0.25, 0.3) is 0 Å². The minimum absolute atomic E-state index is 0.00268. The first-order valence-electron chi connectivity index (χ1n) is 12.0. The van der Waals surface area contributed by atoms with Gasteiger partial charge in [0.05, 0.1) is 34.2 Å². The molecule has 0 saturated heterocycles. The molecule has 0 unspecified atom stereocenters. The van der Waals surface area contributed by atoms with Crippen LogP contribution in [0, 0.1) is 0 Å². The lowest BCUT2D eigenvalue weighted by Crippen LogP contribution is -2.42. The van der Waals surface area contributed by atoms with Gasteiger partial charge in [-0.15, -0.1) is 0 Å². The Hall–Kier alpha value is -3.32. The van der Waals surface area contributed by atoms with E-state index in [2.05, 4.69) is 10.3 Å². The molecule has 0 atom stereocenters. The van der Waals surface area contributed by atoms with Crippen LogP contribution in [0.25, 0.3) is 11.1 Å². The third kappa shape index (κ3) is 7.70. The van der Waals surface area contributed by atoms with Crippen LogP contribution < -0.4 is 10.2 Å². The van der Waals surface area contributed by atoms with Gasteiger partial charge in [0.15, 0.2) is 0 Å². The zero-order valence-corrected chi connectivity index (χ0v) is 23.9. The van der Waals surface area contributed by atoms with Crippen LogP contribution in [0.1, 0.15) is 30.5 Å². The second kappa shape index (κ2) is 11.5. The maximum absolute atomic E-state index is 13.7. The molecule has 1 aromatic heterocycles. The number of rotatable bonds is 8. The number of anilines is 2. The monoisotopic (exact) mass is 621 g/mol. The quantitative estimate of drug-likeness (QED) is 0.279. The number of benzene rings is 2. The highest BCUT2D eigenvalue weighted by molar-refractivity contribution is 7.90. The lowest BCUT2D eigenvalue weighted by molar-refractivity contribution is -0.143. The summed E-state index contributed by atoms with van der Waals surface area (Å²) in [6.45, 7) is 2.49. The van der Waals surface area contributed by atoms with Gasteiger partial charge in [-0.25, -0.2) is 13.4 Å². The first-order valence-corrected chi connectivity index (χ1v) is 14.4. The average Bonchev–Trinajstić information content (AvgIpc) is 2.86. The van der Waals surface area contributed by atoms with Crippen LogP contribution in [-0.4, -0.2) is 44.9 Å². The van der Waals surface area contributed by atoms with Gasteiger partial charge in [0.1, 0.15) is 15.7 Å². The Kier molecular flexibility index (Phi) is 9.04. The number of nitrogens with zero attached hydrogens (tertiary/aromatic N) is 2. The van der Waals surface area contributed by atoms with Crippen molar-refractivity contribution in [2.45, 2.75) is 31.6 Å². The predicted molar refractivity (Wildman–Crippen MR) is 146 cm³/mol. The normalized spacial score (nSPS) is 12.8. The van der Waals surface area contributed by atoms with Gasteiger partial charge in [-0.1, -0.05) is 29.8 Å². The summed E-state index contributed by atoms with van der Waals surface area (Å²) in [6, 6.07) is 9.16. The fourth-order valence-electron chi connectivity index (χ4n) is 4.04. The van der Waals surface area contributed by atoms with E-state index in [0.29, 0.717) is 23.3 Å². The van der Waals surface area contributed by atoms with Crippen molar-refractivity contribution in [2.24, 2.45) is 0 Å². The molecule has 2 aromatic carbocycles. The Morgan fingerprint density at radius 2 is 1.46 bits per heavy atom. The van der Waals surface area contributed by atoms with Crippen LogP contribution in [0.2, 0.25) is 5.02 Å². The zero-order valence-electron chi connectivity index (χ0n) is 22.3.